The first-order valence-corrected chi connectivity index (χ1v) is 9.48. The molecule has 6 heteroatoms. The molecule has 0 spiro atoms. The van der Waals surface area contributed by atoms with Crippen molar-refractivity contribution in [1.82, 2.24) is 9.80 Å². The third-order valence-electron chi connectivity index (χ3n) is 5.06. The van der Waals surface area contributed by atoms with E-state index in [4.69, 9.17) is 4.74 Å². The van der Waals surface area contributed by atoms with Gasteiger partial charge in [-0.15, -0.1) is 0 Å². The SMILES string of the molecule is CCOC(=O)N1CCC(C(=O)C2=NCCN2CCc2ccccc2)CC1. The molecular weight excluding hydrogens is 330 g/mol. The van der Waals surface area contributed by atoms with Crippen LogP contribution in [0.25, 0.3) is 0 Å². The molecular formula is C20H27N3O3. The summed E-state index contributed by atoms with van der Waals surface area (Å²) in [5.74, 6) is 0.728. The lowest BCUT2D eigenvalue weighted by Crippen LogP contribution is -2.44. The van der Waals surface area contributed by atoms with Gasteiger partial charge in [0.1, 0.15) is 0 Å². The molecule has 2 aliphatic rings. The monoisotopic (exact) mass is 357 g/mol. The van der Waals surface area contributed by atoms with Gasteiger partial charge in [0.15, 0.2) is 5.84 Å². The van der Waals surface area contributed by atoms with Crippen molar-refractivity contribution >= 4 is 17.7 Å². The zero-order valence-corrected chi connectivity index (χ0v) is 15.4. The highest BCUT2D eigenvalue weighted by molar-refractivity contribution is 6.39. The van der Waals surface area contributed by atoms with Gasteiger partial charge in [-0.2, -0.15) is 0 Å². The van der Waals surface area contributed by atoms with Crippen molar-refractivity contribution in [3.8, 4) is 0 Å². The predicted molar refractivity (Wildman–Crippen MR) is 100 cm³/mol. The molecule has 6 nitrogen and oxygen atoms in total. The number of Topliss-reactive ketones (excluding diaryl/α,β-unsaturated/α-hetero) is 1. The van der Waals surface area contributed by atoms with Crippen molar-refractivity contribution in [1.29, 1.82) is 0 Å². The number of aliphatic imine (C=N–C) groups is 1. The fourth-order valence-electron chi connectivity index (χ4n) is 3.56. The van der Waals surface area contributed by atoms with Crippen LogP contribution in [0.1, 0.15) is 25.3 Å². The summed E-state index contributed by atoms with van der Waals surface area (Å²) in [6, 6.07) is 10.3. The van der Waals surface area contributed by atoms with Crippen LogP contribution in [0.2, 0.25) is 0 Å². The summed E-state index contributed by atoms with van der Waals surface area (Å²) >= 11 is 0. The molecule has 0 radical (unpaired) electrons. The first kappa shape index (κ1) is 18.4. The van der Waals surface area contributed by atoms with Crippen LogP contribution >= 0.6 is 0 Å². The number of piperidine rings is 1. The first-order valence-electron chi connectivity index (χ1n) is 9.48. The molecule has 0 N–H and O–H groups in total. The second kappa shape index (κ2) is 8.83. The molecule has 140 valence electrons. The van der Waals surface area contributed by atoms with E-state index in [1.54, 1.807) is 11.8 Å². The maximum Gasteiger partial charge on any atom is 0.409 e. The van der Waals surface area contributed by atoms with Crippen LogP contribution < -0.4 is 0 Å². The van der Waals surface area contributed by atoms with E-state index in [-0.39, 0.29) is 17.8 Å². The van der Waals surface area contributed by atoms with Gasteiger partial charge in [0, 0.05) is 32.1 Å². The number of ketones is 1. The topological polar surface area (TPSA) is 62.2 Å². The largest absolute Gasteiger partial charge is 0.450 e. The highest BCUT2D eigenvalue weighted by atomic mass is 16.6. The summed E-state index contributed by atoms with van der Waals surface area (Å²) in [5, 5.41) is 0. The summed E-state index contributed by atoms with van der Waals surface area (Å²) in [6.45, 7) is 5.66. The minimum absolute atomic E-state index is 0.0447. The average Bonchev–Trinajstić information content (AvgIpc) is 3.15. The standard InChI is InChI=1S/C20H27N3O3/c1-2-26-20(25)23-13-9-17(10-14-23)18(24)19-21-11-15-22(19)12-8-16-6-4-3-5-7-16/h3-7,17H,2,8-15H2,1H3. The number of rotatable bonds is 6. The van der Waals surface area contributed by atoms with Gasteiger partial charge >= 0.3 is 6.09 Å². The van der Waals surface area contributed by atoms with Crippen LogP contribution in [0.15, 0.2) is 35.3 Å². The molecule has 0 aromatic heterocycles. The molecule has 1 aromatic rings. The minimum atomic E-state index is -0.277. The lowest BCUT2D eigenvalue weighted by Gasteiger charge is -2.31. The number of hydrogen-bond donors (Lipinski definition) is 0. The van der Waals surface area contributed by atoms with Crippen molar-refractivity contribution in [2.45, 2.75) is 26.2 Å². The van der Waals surface area contributed by atoms with E-state index < -0.39 is 0 Å². The second-order valence-electron chi connectivity index (χ2n) is 6.75. The highest BCUT2D eigenvalue weighted by Gasteiger charge is 2.33. The lowest BCUT2D eigenvalue weighted by molar-refractivity contribution is -0.118. The van der Waals surface area contributed by atoms with E-state index >= 15 is 0 Å². The fraction of sp³-hybridized carbons (Fsp3) is 0.550. The molecule has 26 heavy (non-hydrogen) atoms. The summed E-state index contributed by atoms with van der Waals surface area (Å²) in [4.78, 5) is 33.0. The molecule has 0 atom stereocenters. The van der Waals surface area contributed by atoms with E-state index in [1.165, 1.54) is 5.56 Å². The summed E-state index contributed by atoms with van der Waals surface area (Å²) in [7, 11) is 0. The molecule has 0 saturated carbocycles. The van der Waals surface area contributed by atoms with Gasteiger partial charge in [0.25, 0.3) is 0 Å². The third kappa shape index (κ3) is 4.42. The number of ether oxygens (including phenoxy) is 1. The zero-order valence-electron chi connectivity index (χ0n) is 15.4. The van der Waals surface area contributed by atoms with Crippen LogP contribution in [0.3, 0.4) is 0 Å². The summed E-state index contributed by atoms with van der Waals surface area (Å²) < 4.78 is 5.04. The Morgan fingerprint density at radius 3 is 2.58 bits per heavy atom. The number of carbonyl (C=O) groups excluding carboxylic acids is 2. The van der Waals surface area contributed by atoms with Crippen molar-refractivity contribution in [3.05, 3.63) is 35.9 Å². The first-order chi connectivity index (χ1) is 12.7. The molecule has 2 heterocycles. The molecule has 0 bridgehead atoms. The van der Waals surface area contributed by atoms with Gasteiger partial charge in [-0.3, -0.25) is 9.79 Å². The number of benzene rings is 1. The average molecular weight is 357 g/mol. The van der Waals surface area contributed by atoms with Crippen molar-refractivity contribution in [2.24, 2.45) is 10.9 Å². The number of amidine groups is 1. The molecule has 0 aliphatic carbocycles. The Bertz CT molecular complexity index is 652. The van der Waals surface area contributed by atoms with Crippen LogP contribution in [0, 0.1) is 5.92 Å². The molecule has 1 aromatic carbocycles. The van der Waals surface area contributed by atoms with Gasteiger partial charge < -0.3 is 14.5 Å². The van der Waals surface area contributed by atoms with Gasteiger partial charge in [0.05, 0.1) is 13.2 Å². The van der Waals surface area contributed by atoms with Crippen LogP contribution in [0.5, 0.6) is 0 Å². The summed E-state index contributed by atoms with van der Waals surface area (Å²) in [5.41, 5.74) is 1.27. The molecule has 3 rings (SSSR count). The molecule has 1 fully saturated rings. The number of amides is 1. The van der Waals surface area contributed by atoms with E-state index in [1.807, 2.05) is 18.2 Å². The number of carbonyl (C=O) groups is 2. The minimum Gasteiger partial charge on any atom is -0.450 e. The van der Waals surface area contributed by atoms with Gasteiger partial charge in [-0.25, -0.2) is 4.79 Å². The smallest absolute Gasteiger partial charge is 0.409 e. The van der Waals surface area contributed by atoms with E-state index in [2.05, 4.69) is 22.0 Å². The fourth-order valence-corrected chi connectivity index (χ4v) is 3.56. The highest BCUT2D eigenvalue weighted by Crippen LogP contribution is 2.21. The number of likely N-dealkylation sites (tertiary alicyclic amines) is 1. The Kier molecular flexibility index (Phi) is 6.26. The Labute approximate surface area is 154 Å². The van der Waals surface area contributed by atoms with E-state index in [9.17, 15) is 9.59 Å². The van der Waals surface area contributed by atoms with Crippen molar-refractivity contribution in [3.63, 3.8) is 0 Å². The predicted octanol–water partition coefficient (Wildman–Crippen LogP) is 2.38. The van der Waals surface area contributed by atoms with Crippen LogP contribution in [-0.2, 0) is 16.0 Å². The Hall–Kier alpha value is -2.37. The van der Waals surface area contributed by atoms with Gasteiger partial charge in [0.2, 0.25) is 5.78 Å². The molecule has 1 amide bonds. The Morgan fingerprint density at radius 1 is 1.15 bits per heavy atom. The maximum atomic E-state index is 12.9. The van der Waals surface area contributed by atoms with Crippen molar-refractivity contribution < 1.29 is 14.3 Å². The number of nitrogens with zero attached hydrogens (tertiary/aromatic N) is 3. The molecule has 1 saturated heterocycles. The van der Waals surface area contributed by atoms with Crippen molar-refractivity contribution in [2.75, 3.05) is 39.3 Å². The van der Waals surface area contributed by atoms with E-state index in [0.29, 0.717) is 44.9 Å². The van der Waals surface area contributed by atoms with Gasteiger partial charge in [-0.05, 0) is 31.7 Å². The quantitative estimate of drug-likeness (QED) is 0.784. The molecule has 0 unspecified atom stereocenters. The lowest BCUT2D eigenvalue weighted by atomic mass is 9.91. The van der Waals surface area contributed by atoms with Crippen LogP contribution in [0.4, 0.5) is 4.79 Å². The Balaban J connectivity index is 1.51. The van der Waals surface area contributed by atoms with E-state index in [0.717, 1.165) is 19.5 Å². The molecule has 2 aliphatic heterocycles. The normalized spacial score (nSPS) is 18.0. The maximum absolute atomic E-state index is 12.9. The van der Waals surface area contributed by atoms with Gasteiger partial charge in [-0.1, -0.05) is 30.3 Å². The van der Waals surface area contributed by atoms with Crippen LogP contribution in [-0.4, -0.2) is 66.8 Å². The number of hydrogen-bond acceptors (Lipinski definition) is 5. The summed E-state index contributed by atoms with van der Waals surface area (Å²) in [6.07, 6.45) is 2.00. The Morgan fingerprint density at radius 2 is 1.88 bits per heavy atom. The third-order valence-corrected chi connectivity index (χ3v) is 5.06. The zero-order chi connectivity index (χ0) is 18.4. The second-order valence-corrected chi connectivity index (χ2v) is 6.75.